The lowest BCUT2D eigenvalue weighted by Crippen LogP contribution is -1.98. The highest BCUT2D eigenvalue weighted by Crippen LogP contribution is 2.23. The van der Waals surface area contributed by atoms with Crippen molar-refractivity contribution in [2.24, 2.45) is 0 Å². The number of rotatable bonds is 2. The van der Waals surface area contributed by atoms with Gasteiger partial charge in [0.2, 0.25) is 0 Å². The zero-order valence-electron chi connectivity index (χ0n) is 7.54. The third-order valence-electron chi connectivity index (χ3n) is 2.18. The summed E-state index contributed by atoms with van der Waals surface area (Å²) in [6.07, 6.45) is 5.17. The van der Waals surface area contributed by atoms with Crippen LogP contribution in [0, 0.1) is 6.92 Å². The highest BCUT2D eigenvalue weighted by molar-refractivity contribution is 7.08. The number of hydrogen-bond acceptors (Lipinski definition) is 3. The smallest absolute Gasteiger partial charge is 0.200 e. The molecule has 1 aliphatic carbocycles. The molecule has 0 bridgehead atoms. The topological polar surface area (TPSA) is 30.0 Å². The summed E-state index contributed by atoms with van der Waals surface area (Å²) in [5, 5.41) is 0. The molecule has 0 aromatic carbocycles. The standard InChI is InChI=1S/C10H11NOS/c1-7-6-9(13-11-7)10(12)8-4-2-3-5-8/h4,6H,2-3,5H2,1H3. The van der Waals surface area contributed by atoms with Gasteiger partial charge in [-0.3, -0.25) is 4.79 Å². The summed E-state index contributed by atoms with van der Waals surface area (Å²) >= 11 is 1.30. The zero-order valence-corrected chi connectivity index (χ0v) is 8.36. The van der Waals surface area contributed by atoms with Gasteiger partial charge in [-0.05, 0) is 49.4 Å². The van der Waals surface area contributed by atoms with Crippen molar-refractivity contribution in [3.8, 4) is 0 Å². The number of Topliss-reactive ketones (excluding diaryl/α,β-unsaturated/α-hetero) is 1. The summed E-state index contributed by atoms with van der Waals surface area (Å²) in [4.78, 5) is 12.5. The van der Waals surface area contributed by atoms with Crippen LogP contribution in [0.4, 0.5) is 0 Å². The van der Waals surface area contributed by atoms with Crippen LogP contribution in [-0.2, 0) is 0 Å². The summed E-state index contributed by atoms with van der Waals surface area (Å²) in [6.45, 7) is 1.91. The highest BCUT2D eigenvalue weighted by atomic mass is 32.1. The van der Waals surface area contributed by atoms with Crippen molar-refractivity contribution in [1.29, 1.82) is 0 Å². The molecule has 68 valence electrons. The fourth-order valence-corrected chi connectivity index (χ4v) is 2.24. The summed E-state index contributed by atoms with van der Waals surface area (Å²) in [6, 6.07) is 1.87. The molecule has 0 amide bonds. The average Bonchev–Trinajstić information content (AvgIpc) is 2.72. The summed E-state index contributed by atoms with van der Waals surface area (Å²) < 4.78 is 4.10. The second-order valence-electron chi connectivity index (χ2n) is 3.28. The van der Waals surface area contributed by atoms with Crippen molar-refractivity contribution >= 4 is 17.3 Å². The molecule has 0 N–H and O–H groups in total. The molecule has 1 aromatic rings. The molecule has 0 saturated carbocycles. The molecule has 0 unspecified atom stereocenters. The summed E-state index contributed by atoms with van der Waals surface area (Å²) in [7, 11) is 0. The maximum absolute atomic E-state index is 11.8. The van der Waals surface area contributed by atoms with E-state index in [-0.39, 0.29) is 5.78 Å². The van der Waals surface area contributed by atoms with Gasteiger partial charge in [-0.1, -0.05) is 6.08 Å². The Morgan fingerprint density at radius 3 is 3.00 bits per heavy atom. The second-order valence-corrected chi connectivity index (χ2v) is 4.09. The molecule has 0 radical (unpaired) electrons. The molecule has 1 heterocycles. The SMILES string of the molecule is Cc1cc(C(=O)C2=CCCC2)sn1. The number of ketones is 1. The maximum Gasteiger partial charge on any atom is 0.200 e. The zero-order chi connectivity index (χ0) is 9.26. The van der Waals surface area contributed by atoms with Crippen molar-refractivity contribution in [3.05, 3.63) is 28.3 Å². The number of carbonyl (C=O) groups is 1. The van der Waals surface area contributed by atoms with Gasteiger partial charge >= 0.3 is 0 Å². The van der Waals surface area contributed by atoms with Crippen LogP contribution in [-0.4, -0.2) is 10.2 Å². The molecular weight excluding hydrogens is 182 g/mol. The number of allylic oxidation sites excluding steroid dienone is 2. The third-order valence-corrected chi connectivity index (χ3v) is 3.06. The minimum Gasteiger partial charge on any atom is -0.288 e. The molecule has 2 nitrogen and oxygen atoms in total. The van der Waals surface area contributed by atoms with Gasteiger partial charge in [-0.15, -0.1) is 0 Å². The van der Waals surface area contributed by atoms with Gasteiger partial charge in [0, 0.05) is 0 Å². The van der Waals surface area contributed by atoms with E-state index in [1.807, 2.05) is 13.0 Å². The fourth-order valence-electron chi connectivity index (χ4n) is 1.51. The van der Waals surface area contributed by atoms with Crippen LogP contribution in [0.3, 0.4) is 0 Å². The quantitative estimate of drug-likeness (QED) is 0.676. The third kappa shape index (κ3) is 1.70. The lowest BCUT2D eigenvalue weighted by molar-refractivity contribution is 0.103. The molecule has 0 fully saturated rings. The minimum absolute atomic E-state index is 0.183. The number of aryl methyl sites for hydroxylation is 1. The maximum atomic E-state index is 11.8. The monoisotopic (exact) mass is 193 g/mol. The van der Waals surface area contributed by atoms with Crippen LogP contribution in [0.5, 0.6) is 0 Å². The van der Waals surface area contributed by atoms with Crippen LogP contribution < -0.4 is 0 Å². The Balaban J connectivity index is 2.22. The van der Waals surface area contributed by atoms with Crippen molar-refractivity contribution in [2.75, 3.05) is 0 Å². The van der Waals surface area contributed by atoms with E-state index in [0.29, 0.717) is 0 Å². The Hall–Kier alpha value is -0.960. The van der Waals surface area contributed by atoms with E-state index in [1.165, 1.54) is 11.5 Å². The predicted molar refractivity (Wildman–Crippen MR) is 53.1 cm³/mol. The Kier molecular flexibility index (Phi) is 2.27. The van der Waals surface area contributed by atoms with Crippen LogP contribution in [0.1, 0.15) is 34.6 Å². The van der Waals surface area contributed by atoms with Gasteiger partial charge in [-0.25, -0.2) is 0 Å². The summed E-state index contributed by atoms with van der Waals surface area (Å²) in [5.74, 6) is 0.183. The Morgan fingerprint density at radius 2 is 2.46 bits per heavy atom. The van der Waals surface area contributed by atoms with E-state index < -0.39 is 0 Å². The van der Waals surface area contributed by atoms with Gasteiger partial charge in [-0.2, -0.15) is 4.37 Å². The van der Waals surface area contributed by atoms with Gasteiger partial charge in [0.1, 0.15) is 0 Å². The largest absolute Gasteiger partial charge is 0.288 e. The molecule has 3 heteroatoms. The molecular formula is C10H11NOS. The van der Waals surface area contributed by atoms with Gasteiger partial charge < -0.3 is 0 Å². The van der Waals surface area contributed by atoms with E-state index in [0.717, 1.165) is 35.4 Å². The molecule has 0 atom stereocenters. The molecule has 1 aromatic heterocycles. The highest BCUT2D eigenvalue weighted by Gasteiger charge is 2.16. The van der Waals surface area contributed by atoms with E-state index in [9.17, 15) is 4.79 Å². The first-order valence-electron chi connectivity index (χ1n) is 4.44. The predicted octanol–water partition coefficient (Wildman–Crippen LogP) is 2.74. The van der Waals surface area contributed by atoms with E-state index in [1.54, 1.807) is 0 Å². The molecule has 13 heavy (non-hydrogen) atoms. The van der Waals surface area contributed by atoms with Crippen LogP contribution in [0.2, 0.25) is 0 Å². The summed E-state index contributed by atoms with van der Waals surface area (Å²) in [5.41, 5.74) is 1.91. The van der Waals surface area contributed by atoms with E-state index in [2.05, 4.69) is 10.4 Å². The van der Waals surface area contributed by atoms with Crippen LogP contribution >= 0.6 is 11.5 Å². The number of hydrogen-bond donors (Lipinski definition) is 0. The first-order valence-corrected chi connectivity index (χ1v) is 5.22. The van der Waals surface area contributed by atoms with Crippen molar-refractivity contribution < 1.29 is 4.79 Å². The van der Waals surface area contributed by atoms with Crippen molar-refractivity contribution in [1.82, 2.24) is 4.37 Å². The van der Waals surface area contributed by atoms with Gasteiger partial charge in [0.15, 0.2) is 5.78 Å². The number of aromatic nitrogens is 1. The van der Waals surface area contributed by atoms with Crippen molar-refractivity contribution in [3.63, 3.8) is 0 Å². The molecule has 1 aliphatic rings. The molecule has 0 saturated heterocycles. The van der Waals surface area contributed by atoms with Crippen molar-refractivity contribution in [2.45, 2.75) is 26.2 Å². The Bertz CT molecular complexity index is 365. The Labute approximate surface area is 81.5 Å². The molecule has 0 aliphatic heterocycles. The normalized spacial score (nSPS) is 15.9. The van der Waals surface area contributed by atoms with Crippen LogP contribution in [0.25, 0.3) is 0 Å². The lowest BCUT2D eigenvalue weighted by Gasteiger charge is -1.95. The molecule has 2 rings (SSSR count). The minimum atomic E-state index is 0.183. The van der Waals surface area contributed by atoms with Gasteiger partial charge in [0.05, 0.1) is 10.6 Å². The second kappa shape index (κ2) is 3.42. The first-order chi connectivity index (χ1) is 6.27. The number of carbonyl (C=O) groups excluding carboxylic acids is 1. The molecule has 0 spiro atoms. The van der Waals surface area contributed by atoms with E-state index in [4.69, 9.17) is 0 Å². The lowest BCUT2D eigenvalue weighted by atomic mass is 10.1. The first kappa shape index (κ1) is 8.63. The average molecular weight is 193 g/mol. The van der Waals surface area contributed by atoms with Crippen LogP contribution in [0.15, 0.2) is 17.7 Å². The fraction of sp³-hybridized carbons (Fsp3) is 0.400. The number of nitrogens with zero attached hydrogens (tertiary/aromatic N) is 1. The van der Waals surface area contributed by atoms with Gasteiger partial charge in [0.25, 0.3) is 0 Å². The Morgan fingerprint density at radius 1 is 1.62 bits per heavy atom. The van der Waals surface area contributed by atoms with E-state index >= 15 is 0 Å².